The van der Waals surface area contributed by atoms with Crippen molar-refractivity contribution in [3.05, 3.63) is 0 Å². The van der Waals surface area contributed by atoms with Gasteiger partial charge in [0.15, 0.2) is 0 Å². The van der Waals surface area contributed by atoms with Crippen LogP contribution in [0.4, 0.5) is 26.3 Å². The van der Waals surface area contributed by atoms with Crippen molar-refractivity contribution in [1.82, 2.24) is 0 Å². The van der Waals surface area contributed by atoms with E-state index >= 15 is 0 Å². The Labute approximate surface area is 62.8 Å². The summed E-state index contributed by atoms with van der Waals surface area (Å²) in [5.41, 5.74) is -2.91. The highest BCUT2D eigenvalue weighted by Crippen LogP contribution is 2.29. The van der Waals surface area contributed by atoms with Crippen LogP contribution in [0, 0.1) is 0 Å². The third-order valence-electron chi connectivity index (χ3n) is 0.720. The van der Waals surface area contributed by atoms with Gasteiger partial charge in [-0.3, -0.25) is 0 Å². The topological polar surface area (TPSA) is 21.6 Å². The molecule has 0 rings (SSSR count). The van der Waals surface area contributed by atoms with Gasteiger partial charge in [-0.05, 0) is 0 Å². The Kier molecular flexibility index (Phi) is 2.94. The Morgan fingerprint density at radius 2 is 1.33 bits per heavy atom. The molecule has 0 fully saturated rings. The quantitative estimate of drug-likeness (QED) is 0.356. The van der Waals surface area contributed by atoms with E-state index in [-0.39, 0.29) is 0 Å². The average molecular weight is 195 g/mol. The molecule has 0 atom stereocenters. The Morgan fingerprint density at radius 3 is 1.42 bits per heavy atom. The summed E-state index contributed by atoms with van der Waals surface area (Å²) < 4.78 is 68.8. The molecule has 2 nitrogen and oxygen atoms in total. The lowest BCUT2D eigenvalue weighted by molar-refractivity contribution is -0.121. The molecule has 0 unspecified atom stereocenters. The number of hydrogen-bond donors (Lipinski definition) is 0. The van der Waals surface area contributed by atoms with Gasteiger partial charge in [-0.25, -0.2) is 0 Å². The van der Waals surface area contributed by atoms with Crippen molar-refractivity contribution in [1.29, 1.82) is 0 Å². The molecule has 0 saturated carbocycles. The minimum absolute atomic E-state index is 0.595. The largest absolute Gasteiger partial charge is 0.441 e. The second-order valence-corrected chi connectivity index (χ2v) is 1.62. The van der Waals surface area contributed by atoms with Crippen LogP contribution < -0.4 is 0 Å². The zero-order chi connectivity index (χ0) is 9.99. The van der Waals surface area contributed by atoms with Crippen molar-refractivity contribution in [3.63, 3.8) is 0 Å². The minimum Gasteiger partial charge on any atom is -0.399 e. The summed E-state index contributed by atoms with van der Waals surface area (Å²) in [6, 6.07) is 0. The van der Waals surface area contributed by atoms with Gasteiger partial charge in [0, 0.05) is 0 Å². The SMILES string of the molecule is CON=C(C(F)(F)F)C(F)(F)F. The third-order valence-corrected chi connectivity index (χ3v) is 0.720. The Bertz CT molecular complexity index is 163. The van der Waals surface area contributed by atoms with Gasteiger partial charge in [0.05, 0.1) is 0 Å². The van der Waals surface area contributed by atoms with Crippen molar-refractivity contribution in [3.8, 4) is 0 Å². The molecule has 8 heteroatoms. The van der Waals surface area contributed by atoms with Gasteiger partial charge in [-0.1, -0.05) is 5.16 Å². The normalized spacial score (nSPS) is 12.6. The average Bonchev–Trinajstić information content (AvgIpc) is 1.77. The fourth-order valence-corrected chi connectivity index (χ4v) is 0.356. The summed E-state index contributed by atoms with van der Waals surface area (Å²) in [6.07, 6.45) is -11.1. The molecular weight excluding hydrogens is 192 g/mol. The zero-order valence-corrected chi connectivity index (χ0v) is 5.62. The van der Waals surface area contributed by atoms with E-state index < -0.39 is 18.1 Å². The molecule has 0 bridgehead atoms. The molecule has 72 valence electrons. The van der Waals surface area contributed by atoms with Gasteiger partial charge in [-0.2, -0.15) is 26.3 Å². The molecular formula is C4H3F6NO. The van der Waals surface area contributed by atoms with Gasteiger partial charge in [0.25, 0.3) is 5.71 Å². The smallest absolute Gasteiger partial charge is 0.399 e. The second-order valence-electron chi connectivity index (χ2n) is 1.62. The fraction of sp³-hybridized carbons (Fsp3) is 0.750. The Morgan fingerprint density at radius 1 is 1.00 bits per heavy atom. The number of nitrogens with zero attached hydrogens (tertiary/aromatic N) is 1. The van der Waals surface area contributed by atoms with E-state index in [0.29, 0.717) is 7.11 Å². The van der Waals surface area contributed by atoms with E-state index in [1.54, 1.807) is 0 Å². The van der Waals surface area contributed by atoms with Gasteiger partial charge in [-0.15, -0.1) is 0 Å². The molecule has 12 heavy (non-hydrogen) atoms. The highest BCUT2D eigenvalue weighted by atomic mass is 19.4. The number of rotatable bonds is 1. The van der Waals surface area contributed by atoms with Gasteiger partial charge in [0.1, 0.15) is 7.11 Å². The minimum atomic E-state index is -5.55. The molecule has 0 amide bonds. The number of oxime groups is 1. The molecule has 0 aromatic carbocycles. The molecule has 0 spiro atoms. The Hall–Kier alpha value is -0.950. The van der Waals surface area contributed by atoms with E-state index in [1.165, 1.54) is 0 Å². The predicted molar refractivity (Wildman–Crippen MR) is 26.6 cm³/mol. The molecule has 0 saturated heterocycles. The second kappa shape index (κ2) is 3.20. The predicted octanol–water partition coefficient (Wildman–Crippen LogP) is 2.11. The molecule has 0 aliphatic carbocycles. The molecule has 0 heterocycles. The number of hydrogen-bond acceptors (Lipinski definition) is 2. The van der Waals surface area contributed by atoms with Crippen LogP contribution in [0.2, 0.25) is 0 Å². The molecule has 0 aromatic heterocycles. The van der Waals surface area contributed by atoms with Crippen LogP contribution in [-0.2, 0) is 4.84 Å². The number of alkyl halides is 6. The maximum absolute atomic E-state index is 11.5. The maximum atomic E-state index is 11.5. The van der Waals surface area contributed by atoms with Crippen LogP contribution in [0.25, 0.3) is 0 Å². The molecule has 0 aliphatic rings. The lowest BCUT2D eigenvalue weighted by Gasteiger charge is -2.11. The third kappa shape index (κ3) is 2.97. The first-order valence-electron chi connectivity index (χ1n) is 2.45. The van der Waals surface area contributed by atoms with E-state index in [9.17, 15) is 26.3 Å². The highest BCUT2D eigenvalue weighted by molar-refractivity contribution is 5.94. The van der Waals surface area contributed by atoms with E-state index in [1.807, 2.05) is 5.16 Å². The monoisotopic (exact) mass is 195 g/mol. The van der Waals surface area contributed by atoms with Crippen LogP contribution in [-0.4, -0.2) is 25.2 Å². The Balaban J connectivity index is 4.83. The standard InChI is InChI=1S/C4H3F6NO/c1-12-11-2(3(5,6)7)4(8,9)10/h1H3. The molecule has 0 aliphatic heterocycles. The summed E-state index contributed by atoms with van der Waals surface area (Å²) in [5.74, 6) is 0. The maximum Gasteiger partial charge on any atom is 0.441 e. The van der Waals surface area contributed by atoms with Crippen molar-refractivity contribution < 1.29 is 31.2 Å². The van der Waals surface area contributed by atoms with Gasteiger partial charge >= 0.3 is 12.4 Å². The molecule has 0 N–H and O–H groups in total. The zero-order valence-electron chi connectivity index (χ0n) is 5.62. The first-order chi connectivity index (χ1) is 5.19. The summed E-state index contributed by atoms with van der Waals surface area (Å²) in [5, 5.41) is 1.83. The summed E-state index contributed by atoms with van der Waals surface area (Å²) in [7, 11) is 0.595. The van der Waals surface area contributed by atoms with Crippen LogP contribution >= 0.6 is 0 Å². The van der Waals surface area contributed by atoms with Crippen molar-refractivity contribution in [2.45, 2.75) is 12.4 Å². The van der Waals surface area contributed by atoms with E-state index in [0.717, 1.165) is 0 Å². The summed E-state index contributed by atoms with van der Waals surface area (Å²) >= 11 is 0. The van der Waals surface area contributed by atoms with Crippen LogP contribution in [0.5, 0.6) is 0 Å². The summed E-state index contributed by atoms with van der Waals surface area (Å²) in [4.78, 5) is 3.40. The lowest BCUT2D eigenvalue weighted by atomic mass is 10.3. The van der Waals surface area contributed by atoms with Crippen LogP contribution in [0.15, 0.2) is 5.16 Å². The highest BCUT2D eigenvalue weighted by Gasteiger charge is 2.54. The van der Waals surface area contributed by atoms with Crippen molar-refractivity contribution in [2.24, 2.45) is 5.16 Å². The van der Waals surface area contributed by atoms with Crippen molar-refractivity contribution >= 4 is 5.71 Å². The van der Waals surface area contributed by atoms with Crippen LogP contribution in [0.3, 0.4) is 0 Å². The van der Waals surface area contributed by atoms with E-state index in [4.69, 9.17) is 0 Å². The summed E-state index contributed by atoms with van der Waals surface area (Å²) in [6.45, 7) is 0. The first-order valence-corrected chi connectivity index (χ1v) is 2.45. The van der Waals surface area contributed by atoms with E-state index in [2.05, 4.69) is 4.84 Å². The number of halogens is 6. The van der Waals surface area contributed by atoms with Crippen LogP contribution in [0.1, 0.15) is 0 Å². The fourth-order valence-electron chi connectivity index (χ4n) is 0.356. The molecule has 0 radical (unpaired) electrons. The van der Waals surface area contributed by atoms with Gasteiger partial charge < -0.3 is 4.84 Å². The van der Waals surface area contributed by atoms with Gasteiger partial charge in [0.2, 0.25) is 0 Å². The first kappa shape index (κ1) is 11.0. The lowest BCUT2D eigenvalue weighted by Crippen LogP contribution is -2.37. The molecule has 0 aromatic rings. The van der Waals surface area contributed by atoms with Crippen molar-refractivity contribution in [2.75, 3.05) is 7.11 Å².